The minimum atomic E-state index is -1.28. The van der Waals surface area contributed by atoms with E-state index < -0.39 is 23.7 Å². The first-order valence-corrected chi connectivity index (χ1v) is 12.4. The van der Waals surface area contributed by atoms with Gasteiger partial charge in [0.2, 0.25) is 11.8 Å². The molecule has 0 spiro atoms. The number of ether oxygens (including phenoxy) is 2. The van der Waals surface area contributed by atoms with Crippen molar-refractivity contribution >= 4 is 62.8 Å². The van der Waals surface area contributed by atoms with Gasteiger partial charge in [-0.05, 0) is 58.2 Å². The van der Waals surface area contributed by atoms with E-state index in [1.165, 1.54) is 14.2 Å². The fourth-order valence-corrected chi connectivity index (χ4v) is 5.19. The normalized spacial score (nSPS) is 17.3. The Balaban J connectivity index is 1.93. The molecule has 0 saturated carbocycles. The van der Waals surface area contributed by atoms with Crippen molar-refractivity contribution in [1.29, 1.82) is 5.26 Å². The van der Waals surface area contributed by atoms with Gasteiger partial charge in [-0.3, -0.25) is 14.4 Å². The molecule has 182 valence electrons. The monoisotopic (exact) mass is 577 g/mol. The number of hydrogen-bond donors (Lipinski definition) is 2. The number of hydrogen-bond acceptors (Lipinski definition) is 7. The molecular formula is C24H21BrClN3O5S. The van der Waals surface area contributed by atoms with E-state index in [-0.39, 0.29) is 22.3 Å². The van der Waals surface area contributed by atoms with E-state index in [0.717, 1.165) is 17.3 Å². The Kier molecular flexibility index (Phi) is 8.83. The van der Waals surface area contributed by atoms with Crippen LogP contribution in [0.5, 0.6) is 5.75 Å². The largest absolute Gasteiger partial charge is 0.496 e. The zero-order valence-electron chi connectivity index (χ0n) is 19.0. The number of nitrogens with zero attached hydrogens (tertiary/aromatic N) is 1. The second kappa shape index (κ2) is 11.6. The third kappa shape index (κ3) is 5.99. The van der Waals surface area contributed by atoms with Crippen LogP contribution in [0.2, 0.25) is 5.02 Å². The van der Waals surface area contributed by atoms with Gasteiger partial charge >= 0.3 is 5.97 Å². The van der Waals surface area contributed by atoms with Crippen LogP contribution in [0.3, 0.4) is 0 Å². The van der Waals surface area contributed by atoms with Gasteiger partial charge < -0.3 is 20.1 Å². The van der Waals surface area contributed by atoms with Gasteiger partial charge in [-0.25, -0.2) is 0 Å². The number of methoxy groups -OCH3 is 2. The lowest BCUT2D eigenvalue weighted by molar-refractivity contribution is -0.150. The van der Waals surface area contributed by atoms with E-state index in [9.17, 15) is 19.6 Å². The molecule has 0 fully saturated rings. The molecule has 2 atom stereocenters. The van der Waals surface area contributed by atoms with Gasteiger partial charge in [0.05, 0.1) is 41.1 Å². The number of halogens is 2. The van der Waals surface area contributed by atoms with Crippen LogP contribution < -0.4 is 15.4 Å². The number of carbonyl (C=O) groups is 3. The zero-order valence-corrected chi connectivity index (χ0v) is 22.1. The molecule has 2 amide bonds. The molecule has 2 N–H and O–H groups in total. The molecule has 35 heavy (non-hydrogen) atoms. The maximum atomic E-state index is 13.0. The van der Waals surface area contributed by atoms with E-state index in [0.29, 0.717) is 26.5 Å². The molecule has 0 unspecified atom stereocenters. The van der Waals surface area contributed by atoms with Crippen molar-refractivity contribution in [2.75, 3.05) is 25.3 Å². The molecule has 2 aromatic carbocycles. The summed E-state index contributed by atoms with van der Waals surface area (Å²) in [7, 11) is 2.69. The number of nitrogens with one attached hydrogen (secondary N) is 2. The predicted octanol–water partition coefficient (Wildman–Crippen LogP) is 4.53. The molecule has 2 aromatic rings. The predicted molar refractivity (Wildman–Crippen MR) is 137 cm³/mol. The smallest absolute Gasteiger partial charge is 0.319 e. The number of carbonyl (C=O) groups excluding carboxylic acids is 3. The second-order valence-corrected chi connectivity index (χ2v) is 9.79. The average Bonchev–Trinajstić information content (AvgIpc) is 2.83. The summed E-state index contributed by atoms with van der Waals surface area (Å²) in [6.07, 6.45) is 0. The van der Waals surface area contributed by atoms with Crippen molar-refractivity contribution in [3.8, 4) is 11.8 Å². The zero-order chi connectivity index (χ0) is 25.7. The number of thioether (sulfide) groups is 1. The quantitative estimate of drug-likeness (QED) is 0.366. The molecule has 1 aliphatic heterocycles. The van der Waals surface area contributed by atoms with Crippen molar-refractivity contribution in [1.82, 2.24) is 5.32 Å². The number of anilines is 1. The Morgan fingerprint density at radius 1 is 1.26 bits per heavy atom. The van der Waals surface area contributed by atoms with Crippen LogP contribution >= 0.6 is 39.3 Å². The summed E-state index contributed by atoms with van der Waals surface area (Å²) in [5.74, 6) is -3.47. The van der Waals surface area contributed by atoms with E-state index in [2.05, 4.69) is 32.6 Å². The van der Waals surface area contributed by atoms with Crippen LogP contribution in [-0.4, -0.2) is 37.8 Å². The Bertz CT molecular complexity index is 1260. The van der Waals surface area contributed by atoms with Crippen LogP contribution in [0.1, 0.15) is 17.0 Å². The van der Waals surface area contributed by atoms with Crippen molar-refractivity contribution in [2.24, 2.45) is 5.92 Å². The minimum Gasteiger partial charge on any atom is -0.496 e. The number of nitriles is 1. The maximum Gasteiger partial charge on any atom is 0.319 e. The molecule has 0 bridgehead atoms. The number of amides is 2. The van der Waals surface area contributed by atoms with Crippen LogP contribution in [0, 0.1) is 24.2 Å². The summed E-state index contributed by atoms with van der Waals surface area (Å²) < 4.78 is 10.7. The third-order valence-electron chi connectivity index (χ3n) is 5.34. The lowest BCUT2D eigenvalue weighted by Gasteiger charge is -2.31. The highest BCUT2D eigenvalue weighted by molar-refractivity contribution is 9.10. The summed E-state index contributed by atoms with van der Waals surface area (Å²) in [5, 5.41) is 16.1. The summed E-state index contributed by atoms with van der Waals surface area (Å²) in [4.78, 5) is 38.1. The van der Waals surface area contributed by atoms with Crippen LogP contribution in [-0.2, 0) is 19.1 Å². The fraction of sp³-hybridized carbons (Fsp3) is 0.250. The molecule has 0 aliphatic carbocycles. The average molecular weight is 579 g/mol. The topological polar surface area (TPSA) is 118 Å². The van der Waals surface area contributed by atoms with E-state index >= 15 is 0 Å². The van der Waals surface area contributed by atoms with Gasteiger partial charge in [0.1, 0.15) is 11.7 Å². The Morgan fingerprint density at radius 2 is 2.00 bits per heavy atom. The molecule has 1 heterocycles. The Labute approximate surface area is 220 Å². The number of rotatable bonds is 7. The van der Waals surface area contributed by atoms with Crippen LogP contribution in [0.4, 0.5) is 5.69 Å². The highest BCUT2D eigenvalue weighted by Gasteiger charge is 2.44. The number of benzene rings is 2. The van der Waals surface area contributed by atoms with Gasteiger partial charge in [0.25, 0.3) is 0 Å². The highest BCUT2D eigenvalue weighted by atomic mass is 79.9. The maximum absolute atomic E-state index is 13.0. The van der Waals surface area contributed by atoms with Gasteiger partial charge in [0.15, 0.2) is 0 Å². The van der Waals surface area contributed by atoms with Gasteiger partial charge in [-0.1, -0.05) is 35.5 Å². The Morgan fingerprint density at radius 3 is 2.63 bits per heavy atom. The molecule has 0 saturated heterocycles. The molecular weight excluding hydrogens is 558 g/mol. The van der Waals surface area contributed by atoms with E-state index in [4.69, 9.17) is 21.1 Å². The first-order chi connectivity index (χ1) is 16.7. The van der Waals surface area contributed by atoms with Gasteiger partial charge in [0, 0.05) is 16.6 Å². The lowest BCUT2D eigenvalue weighted by Crippen LogP contribution is -2.44. The highest BCUT2D eigenvalue weighted by Crippen LogP contribution is 2.42. The van der Waals surface area contributed by atoms with Crippen LogP contribution in [0.15, 0.2) is 51.5 Å². The summed E-state index contributed by atoms with van der Waals surface area (Å²) >= 11 is 10.4. The SMILES string of the molecule is COC(=O)[C@@H]1C(=O)NC(SCC(=O)Nc2cc(Cl)ccc2C)=C(C#N)[C@H]1c1ccc(OC)c(Br)c1. The van der Waals surface area contributed by atoms with Crippen molar-refractivity contribution < 1.29 is 23.9 Å². The molecule has 3 rings (SSSR count). The van der Waals surface area contributed by atoms with Crippen LogP contribution in [0.25, 0.3) is 0 Å². The first-order valence-electron chi connectivity index (χ1n) is 10.2. The molecule has 8 nitrogen and oxygen atoms in total. The minimum absolute atomic E-state index is 0.0886. The molecule has 0 aromatic heterocycles. The standard InChI is InChI=1S/C24H21BrClN3O5S/c1-12-4-6-14(26)9-17(12)28-19(30)11-35-23-15(10-27)20(21(22(31)29-23)24(32)34-3)13-5-7-18(33-2)16(25)8-13/h4-9,20-21H,11H2,1-3H3,(H,28,30)(H,29,31)/t20-,21+/m1/s1. The van der Waals surface area contributed by atoms with Crippen molar-refractivity contribution in [2.45, 2.75) is 12.8 Å². The second-order valence-electron chi connectivity index (χ2n) is 7.51. The molecule has 11 heteroatoms. The lowest BCUT2D eigenvalue weighted by atomic mass is 9.78. The van der Waals surface area contributed by atoms with Crippen molar-refractivity contribution in [3.63, 3.8) is 0 Å². The van der Waals surface area contributed by atoms with E-state index in [1.807, 2.05) is 6.92 Å². The van der Waals surface area contributed by atoms with Crippen molar-refractivity contribution in [3.05, 3.63) is 67.6 Å². The Hall–Kier alpha value is -3.00. The third-order valence-corrected chi connectivity index (χ3v) is 7.21. The number of esters is 1. The number of allylic oxidation sites excluding steroid dienone is 1. The van der Waals surface area contributed by atoms with E-state index in [1.54, 1.807) is 36.4 Å². The first kappa shape index (κ1) is 26.6. The summed E-state index contributed by atoms with van der Waals surface area (Å²) in [5.41, 5.74) is 2.09. The van der Waals surface area contributed by atoms with Gasteiger partial charge in [-0.2, -0.15) is 5.26 Å². The summed E-state index contributed by atoms with van der Waals surface area (Å²) in [6, 6.07) is 12.3. The van der Waals surface area contributed by atoms with Gasteiger partial charge in [-0.15, -0.1) is 0 Å². The molecule has 1 aliphatic rings. The number of aryl methyl sites for hydroxylation is 1. The fourth-order valence-electron chi connectivity index (χ4n) is 3.61. The molecule has 0 radical (unpaired) electrons. The summed E-state index contributed by atoms with van der Waals surface area (Å²) in [6.45, 7) is 1.83.